The Morgan fingerprint density at radius 1 is 1.21 bits per heavy atom. The van der Waals surface area contributed by atoms with Gasteiger partial charge in [-0.25, -0.2) is 9.59 Å². The number of nitrogens with zero attached hydrogens (tertiary/aromatic N) is 1. The van der Waals surface area contributed by atoms with Crippen molar-refractivity contribution in [3.05, 3.63) is 58.5 Å². The van der Waals surface area contributed by atoms with Crippen LogP contribution in [-0.2, 0) is 16.9 Å². The Hall–Kier alpha value is -3.62. The van der Waals surface area contributed by atoms with Gasteiger partial charge in [0.15, 0.2) is 0 Å². The highest BCUT2D eigenvalue weighted by Crippen LogP contribution is 2.25. The molecule has 0 radical (unpaired) electrons. The summed E-state index contributed by atoms with van der Waals surface area (Å²) in [4.78, 5) is 48.5. The third-order valence-corrected chi connectivity index (χ3v) is 4.69. The maximum absolute atomic E-state index is 12.6. The SMILES string of the molecule is Cc1oc(CN(C)C(=O)c2ccc(C3(C)NC(=O)NC3=O)cc2)cc1C(=O)O. The average Bonchev–Trinajstić information content (AvgIpc) is 3.13. The summed E-state index contributed by atoms with van der Waals surface area (Å²) < 4.78 is 5.40. The molecule has 2 aromatic rings. The van der Waals surface area contributed by atoms with E-state index in [0.717, 1.165) is 0 Å². The minimum atomic E-state index is -1.19. The number of hydrogen-bond acceptors (Lipinski definition) is 5. The van der Waals surface area contributed by atoms with Crippen molar-refractivity contribution in [1.29, 1.82) is 0 Å². The van der Waals surface area contributed by atoms with Crippen molar-refractivity contribution < 1.29 is 28.7 Å². The van der Waals surface area contributed by atoms with Crippen LogP contribution < -0.4 is 10.6 Å². The number of furan rings is 1. The molecule has 1 saturated heterocycles. The molecular weight excluding hydrogens is 366 g/mol. The molecule has 0 spiro atoms. The summed E-state index contributed by atoms with van der Waals surface area (Å²) >= 11 is 0. The van der Waals surface area contributed by atoms with Gasteiger partial charge < -0.3 is 19.7 Å². The maximum atomic E-state index is 12.6. The van der Waals surface area contributed by atoms with Gasteiger partial charge >= 0.3 is 12.0 Å². The zero-order valence-corrected chi connectivity index (χ0v) is 15.5. The molecule has 1 fully saturated rings. The second-order valence-electron chi connectivity index (χ2n) is 6.76. The van der Waals surface area contributed by atoms with Crippen molar-refractivity contribution in [3.8, 4) is 0 Å². The first-order valence-electron chi connectivity index (χ1n) is 8.44. The molecule has 1 aromatic heterocycles. The molecule has 3 rings (SSSR count). The number of aromatic carboxylic acids is 1. The maximum Gasteiger partial charge on any atom is 0.339 e. The average molecular weight is 385 g/mol. The third-order valence-electron chi connectivity index (χ3n) is 4.69. The summed E-state index contributed by atoms with van der Waals surface area (Å²) in [5.74, 6) is -1.22. The van der Waals surface area contributed by atoms with E-state index in [1.807, 2.05) is 0 Å². The highest BCUT2D eigenvalue weighted by molar-refractivity contribution is 6.07. The summed E-state index contributed by atoms with van der Waals surface area (Å²) in [6.07, 6.45) is 0. The molecule has 9 heteroatoms. The van der Waals surface area contributed by atoms with Crippen molar-refractivity contribution in [2.45, 2.75) is 25.9 Å². The molecule has 0 aliphatic carbocycles. The first-order valence-corrected chi connectivity index (χ1v) is 8.44. The lowest BCUT2D eigenvalue weighted by atomic mass is 9.91. The van der Waals surface area contributed by atoms with Gasteiger partial charge in [-0.3, -0.25) is 14.9 Å². The number of imide groups is 1. The Balaban J connectivity index is 1.74. The van der Waals surface area contributed by atoms with Crippen molar-refractivity contribution in [3.63, 3.8) is 0 Å². The van der Waals surface area contributed by atoms with E-state index in [9.17, 15) is 19.2 Å². The normalized spacial score (nSPS) is 18.5. The topological polar surface area (TPSA) is 129 Å². The number of carboxylic acids is 1. The van der Waals surface area contributed by atoms with E-state index in [4.69, 9.17) is 9.52 Å². The molecule has 1 aliphatic rings. The lowest BCUT2D eigenvalue weighted by molar-refractivity contribution is -0.123. The number of amides is 4. The Morgan fingerprint density at radius 3 is 2.36 bits per heavy atom. The van der Waals surface area contributed by atoms with E-state index in [1.165, 1.54) is 11.0 Å². The number of rotatable bonds is 5. The summed E-state index contributed by atoms with van der Waals surface area (Å²) in [6, 6.07) is 7.16. The van der Waals surface area contributed by atoms with E-state index in [1.54, 1.807) is 45.2 Å². The second kappa shape index (κ2) is 6.84. The van der Waals surface area contributed by atoms with Crippen LogP contribution >= 0.6 is 0 Å². The molecule has 146 valence electrons. The van der Waals surface area contributed by atoms with Gasteiger partial charge in [0.25, 0.3) is 11.8 Å². The van der Waals surface area contributed by atoms with Crippen LogP contribution in [0.4, 0.5) is 4.79 Å². The van der Waals surface area contributed by atoms with Gasteiger partial charge in [-0.05, 0) is 37.6 Å². The van der Waals surface area contributed by atoms with Crippen LogP contribution in [0.15, 0.2) is 34.7 Å². The van der Waals surface area contributed by atoms with Gasteiger partial charge in [-0.1, -0.05) is 12.1 Å². The molecule has 3 N–H and O–H groups in total. The monoisotopic (exact) mass is 385 g/mol. The predicted molar refractivity (Wildman–Crippen MR) is 96.7 cm³/mol. The number of nitrogens with one attached hydrogen (secondary N) is 2. The van der Waals surface area contributed by atoms with E-state index < -0.39 is 23.4 Å². The van der Waals surface area contributed by atoms with Crippen LogP contribution in [-0.4, -0.2) is 40.9 Å². The minimum Gasteiger partial charge on any atom is -0.478 e. The Morgan fingerprint density at radius 2 is 1.86 bits per heavy atom. The molecule has 9 nitrogen and oxygen atoms in total. The largest absolute Gasteiger partial charge is 0.478 e. The molecule has 2 heterocycles. The smallest absolute Gasteiger partial charge is 0.339 e. The number of hydrogen-bond donors (Lipinski definition) is 3. The van der Waals surface area contributed by atoms with Gasteiger partial charge in [-0.15, -0.1) is 0 Å². The Kier molecular flexibility index (Phi) is 4.68. The Labute approximate surface area is 160 Å². The standard InChI is InChI=1S/C19H19N3O6/c1-10-14(16(24)25)8-13(28-10)9-22(3)15(23)11-4-6-12(7-5-11)19(2)17(26)20-18(27)21-19/h4-8H,9H2,1-3H3,(H,24,25)(H2,20,21,26,27). The van der Waals surface area contributed by atoms with E-state index >= 15 is 0 Å². The van der Waals surface area contributed by atoms with E-state index in [-0.39, 0.29) is 23.8 Å². The number of carboxylic acid groups (broad SMARTS) is 1. The van der Waals surface area contributed by atoms with Gasteiger partial charge in [0.2, 0.25) is 0 Å². The molecule has 1 aliphatic heterocycles. The lowest BCUT2D eigenvalue weighted by Crippen LogP contribution is -2.40. The number of carbonyl (C=O) groups is 4. The molecule has 4 amide bonds. The van der Waals surface area contributed by atoms with Gasteiger partial charge in [-0.2, -0.15) is 0 Å². The van der Waals surface area contributed by atoms with Crippen LogP contribution in [0.3, 0.4) is 0 Å². The molecule has 1 aromatic carbocycles. The van der Waals surface area contributed by atoms with E-state index in [0.29, 0.717) is 16.9 Å². The summed E-state index contributed by atoms with van der Waals surface area (Å²) in [5, 5.41) is 13.8. The second-order valence-corrected chi connectivity index (χ2v) is 6.76. The van der Waals surface area contributed by atoms with Gasteiger partial charge in [0.05, 0.1) is 6.54 Å². The van der Waals surface area contributed by atoms with Gasteiger partial charge in [0.1, 0.15) is 22.6 Å². The quantitative estimate of drug-likeness (QED) is 0.671. The van der Waals surface area contributed by atoms with Crippen LogP contribution in [0.1, 0.15) is 44.7 Å². The first kappa shape index (κ1) is 19.2. The fourth-order valence-electron chi connectivity index (χ4n) is 3.05. The fraction of sp³-hybridized carbons (Fsp3) is 0.263. The summed E-state index contributed by atoms with van der Waals surface area (Å²) in [5.41, 5.74) is -0.210. The predicted octanol–water partition coefficient (Wildman–Crippen LogP) is 1.61. The zero-order valence-electron chi connectivity index (χ0n) is 15.5. The Bertz CT molecular complexity index is 978. The highest BCUT2D eigenvalue weighted by atomic mass is 16.4. The van der Waals surface area contributed by atoms with Crippen LogP contribution in [0.5, 0.6) is 0 Å². The molecule has 28 heavy (non-hydrogen) atoms. The van der Waals surface area contributed by atoms with Crippen LogP contribution in [0, 0.1) is 6.92 Å². The zero-order chi connectivity index (χ0) is 20.6. The van der Waals surface area contributed by atoms with Crippen molar-refractivity contribution in [2.75, 3.05) is 7.05 Å². The van der Waals surface area contributed by atoms with Crippen molar-refractivity contribution in [1.82, 2.24) is 15.5 Å². The number of urea groups is 1. The van der Waals surface area contributed by atoms with E-state index in [2.05, 4.69) is 10.6 Å². The summed E-state index contributed by atoms with van der Waals surface area (Å²) in [6.45, 7) is 3.23. The molecular formula is C19H19N3O6. The third kappa shape index (κ3) is 3.34. The molecule has 0 saturated carbocycles. The first-order chi connectivity index (χ1) is 13.1. The fourth-order valence-corrected chi connectivity index (χ4v) is 3.05. The minimum absolute atomic E-state index is 0.0605. The number of carbonyl (C=O) groups excluding carboxylic acids is 3. The molecule has 0 bridgehead atoms. The van der Waals surface area contributed by atoms with Crippen molar-refractivity contribution in [2.24, 2.45) is 0 Å². The van der Waals surface area contributed by atoms with Gasteiger partial charge in [0, 0.05) is 12.6 Å². The highest BCUT2D eigenvalue weighted by Gasteiger charge is 2.43. The molecule has 1 atom stereocenters. The van der Waals surface area contributed by atoms with Crippen molar-refractivity contribution >= 4 is 23.8 Å². The summed E-state index contributed by atoms with van der Waals surface area (Å²) in [7, 11) is 1.57. The van der Waals surface area contributed by atoms with Crippen LogP contribution in [0.25, 0.3) is 0 Å². The number of benzene rings is 1. The number of aryl methyl sites for hydroxylation is 1. The lowest BCUT2D eigenvalue weighted by Gasteiger charge is -2.21. The van der Waals surface area contributed by atoms with Crippen LogP contribution in [0.2, 0.25) is 0 Å². The molecule has 1 unspecified atom stereocenters.